The molecule has 14 heavy (non-hydrogen) atoms. The minimum Gasteiger partial charge on any atom is -0.356 e. The monoisotopic (exact) mass is 200 g/mol. The molecule has 0 aromatic rings. The highest BCUT2D eigenvalue weighted by atomic mass is 16.1. The predicted octanol–water partition coefficient (Wildman–Crippen LogP) is 1.54. The van der Waals surface area contributed by atoms with Gasteiger partial charge in [0.25, 0.3) is 0 Å². The van der Waals surface area contributed by atoms with Crippen LogP contribution in [0.4, 0.5) is 0 Å². The molecule has 1 unspecified atom stereocenters. The van der Waals surface area contributed by atoms with Crippen LogP contribution in [0.15, 0.2) is 0 Å². The summed E-state index contributed by atoms with van der Waals surface area (Å²) in [4.78, 5) is 11.3. The van der Waals surface area contributed by atoms with Crippen molar-refractivity contribution in [3.05, 3.63) is 0 Å². The fourth-order valence-electron chi connectivity index (χ4n) is 1.20. The van der Waals surface area contributed by atoms with Gasteiger partial charge >= 0.3 is 0 Å². The quantitative estimate of drug-likeness (QED) is 0.654. The zero-order valence-electron chi connectivity index (χ0n) is 9.89. The molecule has 0 aliphatic rings. The first-order valence-corrected chi connectivity index (χ1v) is 5.56. The van der Waals surface area contributed by atoms with Gasteiger partial charge in [0.2, 0.25) is 5.91 Å². The third kappa shape index (κ3) is 8.05. The normalized spacial score (nSPS) is 12.9. The lowest BCUT2D eigenvalue weighted by atomic mass is 10.1. The maximum absolute atomic E-state index is 11.3. The number of rotatable bonds is 7. The Kier molecular flexibility index (Phi) is 7.48. The molecule has 0 aliphatic carbocycles. The number of amides is 1. The third-order valence-corrected chi connectivity index (χ3v) is 2.06. The molecule has 0 heterocycles. The van der Waals surface area contributed by atoms with Crippen LogP contribution >= 0.6 is 0 Å². The lowest BCUT2D eigenvalue weighted by Gasteiger charge is -2.12. The molecule has 0 saturated carbocycles. The van der Waals surface area contributed by atoms with E-state index in [1.807, 2.05) is 0 Å². The van der Waals surface area contributed by atoms with Gasteiger partial charge in [-0.1, -0.05) is 20.8 Å². The minimum absolute atomic E-state index is 0.170. The molecule has 0 spiro atoms. The Morgan fingerprint density at radius 3 is 2.43 bits per heavy atom. The van der Waals surface area contributed by atoms with E-state index < -0.39 is 0 Å². The minimum atomic E-state index is 0.170. The Hall–Kier alpha value is -0.570. The van der Waals surface area contributed by atoms with E-state index in [1.165, 1.54) is 0 Å². The van der Waals surface area contributed by atoms with Gasteiger partial charge in [0.05, 0.1) is 0 Å². The standard InChI is InChI=1S/C11H24N2O/c1-5-12-10(4)6-7-11(14)13-8-9(2)3/h9-10,12H,5-8H2,1-4H3,(H,13,14). The largest absolute Gasteiger partial charge is 0.356 e. The maximum Gasteiger partial charge on any atom is 0.220 e. The summed E-state index contributed by atoms with van der Waals surface area (Å²) < 4.78 is 0. The molecule has 2 N–H and O–H groups in total. The van der Waals surface area contributed by atoms with E-state index in [1.54, 1.807) is 0 Å². The molecule has 0 aromatic heterocycles. The van der Waals surface area contributed by atoms with E-state index >= 15 is 0 Å². The molecule has 0 saturated heterocycles. The number of hydrogen-bond donors (Lipinski definition) is 2. The molecule has 3 heteroatoms. The number of hydrogen-bond acceptors (Lipinski definition) is 2. The summed E-state index contributed by atoms with van der Waals surface area (Å²) in [6.45, 7) is 10.1. The fraction of sp³-hybridized carbons (Fsp3) is 0.909. The lowest BCUT2D eigenvalue weighted by molar-refractivity contribution is -0.121. The van der Waals surface area contributed by atoms with E-state index in [9.17, 15) is 4.79 Å². The van der Waals surface area contributed by atoms with Gasteiger partial charge in [-0.15, -0.1) is 0 Å². The summed E-state index contributed by atoms with van der Waals surface area (Å²) in [6.07, 6.45) is 1.54. The van der Waals surface area contributed by atoms with Gasteiger partial charge in [0.1, 0.15) is 0 Å². The van der Waals surface area contributed by atoms with Gasteiger partial charge in [-0.25, -0.2) is 0 Å². The first-order chi connectivity index (χ1) is 6.56. The van der Waals surface area contributed by atoms with Crippen molar-refractivity contribution in [2.24, 2.45) is 5.92 Å². The predicted molar refractivity (Wildman–Crippen MR) is 60.2 cm³/mol. The Bertz CT molecular complexity index is 157. The van der Waals surface area contributed by atoms with Crippen LogP contribution in [0.3, 0.4) is 0 Å². The smallest absolute Gasteiger partial charge is 0.220 e. The Labute approximate surface area is 87.6 Å². The molecule has 0 aromatic carbocycles. The van der Waals surface area contributed by atoms with E-state index in [0.717, 1.165) is 19.5 Å². The molecule has 1 amide bonds. The Morgan fingerprint density at radius 2 is 1.93 bits per heavy atom. The summed E-state index contributed by atoms with van der Waals surface area (Å²) in [5.41, 5.74) is 0. The fourth-order valence-corrected chi connectivity index (χ4v) is 1.20. The summed E-state index contributed by atoms with van der Waals surface area (Å²) in [5, 5.41) is 6.20. The lowest BCUT2D eigenvalue weighted by Crippen LogP contribution is -2.30. The van der Waals surface area contributed by atoms with Gasteiger partial charge in [-0.05, 0) is 25.8 Å². The van der Waals surface area contributed by atoms with Gasteiger partial charge < -0.3 is 10.6 Å². The van der Waals surface area contributed by atoms with Gasteiger partial charge in [-0.3, -0.25) is 4.79 Å². The van der Waals surface area contributed by atoms with Crippen LogP contribution in [0.5, 0.6) is 0 Å². The van der Waals surface area contributed by atoms with Crippen LogP contribution in [0.2, 0.25) is 0 Å². The second-order valence-corrected chi connectivity index (χ2v) is 4.20. The van der Waals surface area contributed by atoms with Crippen molar-refractivity contribution in [1.82, 2.24) is 10.6 Å². The van der Waals surface area contributed by atoms with Crippen molar-refractivity contribution in [3.63, 3.8) is 0 Å². The van der Waals surface area contributed by atoms with Crippen LogP contribution in [-0.4, -0.2) is 25.0 Å². The van der Waals surface area contributed by atoms with E-state index in [2.05, 4.69) is 38.3 Å². The molecule has 0 rings (SSSR count). The van der Waals surface area contributed by atoms with Crippen LogP contribution in [-0.2, 0) is 4.79 Å². The molecular weight excluding hydrogens is 176 g/mol. The van der Waals surface area contributed by atoms with Gasteiger partial charge in [-0.2, -0.15) is 0 Å². The van der Waals surface area contributed by atoms with Crippen molar-refractivity contribution >= 4 is 5.91 Å². The Morgan fingerprint density at radius 1 is 1.29 bits per heavy atom. The Balaban J connectivity index is 3.43. The molecular formula is C11H24N2O. The average molecular weight is 200 g/mol. The number of carbonyl (C=O) groups is 1. The molecule has 0 fully saturated rings. The molecule has 84 valence electrons. The van der Waals surface area contributed by atoms with Gasteiger partial charge in [0, 0.05) is 19.0 Å². The van der Waals surface area contributed by atoms with Crippen molar-refractivity contribution in [3.8, 4) is 0 Å². The van der Waals surface area contributed by atoms with Crippen LogP contribution in [0, 0.1) is 5.92 Å². The van der Waals surface area contributed by atoms with Gasteiger partial charge in [0.15, 0.2) is 0 Å². The summed E-state index contributed by atoms with van der Waals surface area (Å²) >= 11 is 0. The number of nitrogens with one attached hydrogen (secondary N) is 2. The van der Waals surface area contributed by atoms with Crippen molar-refractivity contribution < 1.29 is 4.79 Å². The zero-order valence-corrected chi connectivity index (χ0v) is 9.89. The highest BCUT2D eigenvalue weighted by Gasteiger charge is 2.05. The molecule has 1 atom stereocenters. The third-order valence-electron chi connectivity index (χ3n) is 2.06. The summed E-state index contributed by atoms with van der Waals surface area (Å²) in [7, 11) is 0. The van der Waals surface area contributed by atoms with E-state index in [4.69, 9.17) is 0 Å². The SMILES string of the molecule is CCNC(C)CCC(=O)NCC(C)C. The highest BCUT2D eigenvalue weighted by Crippen LogP contribution is 1.96. The topological polar surface area (TPSA) is 41.1 Å². The van der Waals surface area contributed by atoms with Crippen molar-refractivity contribution in [1.29, 1.82) is 0 Å². The first-order valence-electron chi connectivity index (χ1n) is 5.56. The molecule has 3 nitrogen and oxygen atoms in total. The molecule has 0 bridgehead atoms. The molecule has 0 radical (unpaired) electrons. The van der Waals surface area contributed by atoms with Crippen LogP contribution in [0.1, 0.15) is 40.5 Å². The van der Waals surface area contributed by atoms with E-state index in [-0.39, 0.29) is 5.91 Å². The molecule has 0 aliphatic heterocycles. The maximum atomic E-state index is 11.3. The zero-order chi connectivity index (χ0) is 11.0. The summed E-state index contributed by atoms with van der Waals surface area (Å²) in [5.74, 6) is 0.702. The van der Waals surface area contributed by atoms with Crippen molar-refractivity contribution in [2.45, 2.75) is 46.6 Å². The number of carbonyl (C=O) groups excluding carboxylic acids is 1. The van der Waals surface area contributed by atoms with Crippen molar-refractivity contribution in [2.75, 3.05) is 13.1 Å². The second kappa shape index (κ2) is 7.80. The summed E-state index contributed by atoms with van der Waals surface area (Å²) in [6, 6.07) is 0.435. The highest BCUT2D eigenvalue weighted by molar-refractivity contribution is 5.75. The second-order valence-electron chi connectivity index (χ2n) is 4.20. The first kappa shape index (κ1) is 13.4. The van der Waals surface area contributed by atoms with Crippen LogP contribution < -0.4 is 10.6 Å². The average Bonchev–Trinajstić information content (AvgIpc) is 2.12. The van der Waals surface area contributed by atoms with E-state index in [0.29, 0.717) is 18.4 Å². The van der Waals surface area contributed by atoms with Crippen LogP contribution in [0.25, 0.3) is 0 Å².